The van der Waals surface area contributed by atoms with Gasteiger partial charge in [-0.25, -0.2) is 0 Å². The van der Waals surface area contributed by atoms with Crippen LogP contribution in [-0.2, 0) is 9.53 Å². The Bertz CT molecular complexity index is 309. The third-order valence-corrected chi connectivity index (χ3v) is 4.27. The van der Waals surface area contributed by atoms with E-state index in [1.54, 1.807) is 0 Å². The van der Waals surface area contributed by atoms with Crippen molar-refractivity contribution in [3.8, 4) is 0 Å². The second-order valence-electron chi connectivity index (χ2n) is 6.49. The van der Waals surface area contributed by atoms with Crippen molar-refractivity contribution in [2.24, 2.45) is 5.92 Å². The number of esters is 1. The summed E-state index contributed by atoms with van der Waals surface area (Å²) in [5.41, 5.74) is -0.516. The van der Waals surface area contributed by atoms with E-state index in [1.807, 2.05) is 34.6 Å². The second-order valence-corrected chi connectivity index (χ2v) is 7.74. The molecule has 2 nitrogen and oxygen atoms in total. The number of unbranched alkanes of at least 4 members (excludes halogenated alkanes) is 2. The largest absolute Gasteiger partial charge is 0.459 e. The Hall–Kier alpha value is -0.390. The topological polar surface area (TPSA) is 26.3 Å². The van der Waals surface area contributed by atoms with Crippen LogP contribution in [0.25, 0.3) is 0 Å². The van der Waals surface area contributed by atoms with Gasteiger partial charge in [-0.05, 0) is 45.3 Å². The van der Waals surface area contributed by atoms with Gasteiger partial charge in [0.2, 0.25) is 0 Å². The van der Waals surface area contributed by atoms with Crippen molar-refractivity contribution in [2.45, 2.75) is 77.3 Å². The van der Waals surface area contributed by atoms with Crippen LogP contribution in [0.4, 0.5) is 13.2 Å². The predicted octanol–water partition coefficient (Wildman–Crippen LogP) is 5.21. The summed E-state index contributed by atoms with van der Waals surface area (Å²) in [4.78, 5) is 12.1. The number of alkyl halides is 3. The second kappa shape index (κ2) is 8.91. The maximum Gasteiger partial charge on any atom is 0.389 e. The standard InChI is InChI=1S/C15H27F3O2S/c1-11(2)12(13(19)20-14(3,4)5)21-10-8-6-7-9-15(16,17)18/h11-12H,6-10H2,1-5H3. The number of ether oxygens (including phenoxy) is 1. The number of hydrogen-bond acceptors (Lipinski definition) is 3. The van der Waals surface area contributed by atoms with Gasteiger partial charge >= 0.3 is 12.1 Å². The number of hydrogen-bond donors (Lipinski definition) is 0. The molecule has 1 atom stereocenters. The molecular weight excluding hydrogens is 301 g/mol. The van der Waals surface area contributed by atoms with Gasteiger partial charge in [0.05, 0.1) is 0 Å². The van der Waals surface area contributed by atoms with Crippen molar-refractivity contribution in [1.82, 2.24) is 0 Å². The Balaban J connectivity index is 4.04. The highest BCUT2D eigenvalue weighted by atomic mass is 32.2. The van der Waals surface area contributed by atoms with Crippen LogP contribution < -0.4 is 0 Å². The lowest BCUT2D eigenvalue weighted by Crippen LogP contribution is -2.33. The highest BCUT2D eigenvalue weighted by molar-refractivity contribution is 8.00. The Morgan fingerprint density at radius 2 is 1.67 bits per heavy atom. The number of carbonyl (C=O) groups excluding carboxylic acids is 1. The zero-order valence-electron chi connectivity index (χ0n) is 13.5. The Kier molecular flexibility index (Phi) is 8.74. The molecule has 0 spiro atoms. The molecule has 0 N–H and O–H groups in total. The first-order valence-corrected chi connectivity index (χ1v) is 8.38. The molecule has 0 aliphatic carbocycles. The lowest BCUT2D eigenvalue weighted by molar-refractivity contribution is -0.154. The molecule has 0 aliphatic heterocycles. The van der Waals surface area contributed by atoms with Gasteiger partial charge < -0.3 is 4.74 Å². The molecule has 0 bridgehead atoms. The van der Waals surface area contributed by atoms with Crippen LogP contribution in [0.2, 0.25) is 0 Å². The number of halogens is 3. The van der Waals surface area contributed by atoms with E-state index < -0.39 is 18.2 Å². The first kappa shape index (κ1) is 20.6. The lowest BCUT2D eigenvalue weighted by atomic mass is 10.1. The van der Waals surface area contributed by atoms with Gasteiger partial charge in [0.25, 0.3) is 0 Å². The van der Waals surface area contributed by atoms with Crippen LogP contribution >= 0.6 is 11.8 Å². The van der Waals surface area contributed by atoms with E-state index in [-0.39, 0.29) is 23.6 Å². The zero-order valence-corrected chi connectivity index (χ0v) is 14.4. The van der Waals surface area contributed by atoms with Crippen molar-refractivity contribution >= 4 is 17.7 Å². The van der Waals surface area contributed by atoms with Crippen LogP contribution in [0.5, 0.6) is 0 Å². The zero-order chi connectivity index (χ0) is 16.7. The van der Waals surface area contributed by atoms with Gasteiger partial charge in [0.15, 0.2) is 0 Å². The monoisotopic (exact) mass is 328 g/mol. The van der Waals surface area contributed by atoms with Crippen molar-refractivity contribution in [3.63, 3.8) is 0 Å². The molecule has 0 saturated heterocycles. The number of thioether (sulfide) groups is 1. The molecule has 0 rings (SSSR count). The third-order valence-electron chi connectivity index (χ3n) is 2.65. The molecule has 0 aliphatic rings. The van der Waals surface area contributed by atoms with Crippen LogP contribution in [0.15, 0.2) is 0 Å². The average molecular weight is 328 g/mol. The van der Waals surface area contributed by atoms with E-state index in [4.69, 9.17) is 4.74 Å². The fourth-order valence-corrected chi connectivity index (χ4v) is 2.90. The fourth-order valence-electron chi connectivity index (χ4n) is 1.71. The third kappa shape index (κ3) is 11.9. The molecular formula is C15H27F3O2S. The minimum Gasteiger partial charge on any atom is -0.459 e. The average Bonchev–Trinajstić information content (AvgIpc) is 2.22. The lowest BCUT2D eigenvalue weighted by Gasteiger charge is -2.25. The van der Waals surface area contributed by atoms with Crippen molar-refractivity contribution in [3.05, 3.63) is 0 Å². The van der Waals surface area contributed by atoms with Crippen molar-refractivity contribution in [1.29, 1.82) is 0 Å². The van der Waals surface area contributed by atoms with E-state index in [2.05, 4.69) is 0 Å². The Morgan fingerprint density at radius 3 is 2.10 bits per heavy atom. The summed E-state index contributed by atoms with van der Waals surface area (Å²) >= 11 is 1.48. The maximum absolute atomic E-state index is 12.1. The van der Waals surface area contributed by atoms with Gasteiger partial charge in [-0.15, -0.1) is 11.8 Å². The minimum atomic E-state index is -4.07. The normalized spacial score (nSPS) is 14.3. The van der Waals surface area contributed by atoms with Crippen molar-refractivity contribution < 1.29 is 22.7 Å². The molecule has 0 radical (unpaired) electrons. The summed E-state index contributed by atoms with van der Waals surface area (Å²) in [6.45, 7) is 9.37. The predicted molar refractivity (Wildman–Crippen MR) is 81.5 cm³/mol. The summed E-state index contributed by atoms with van der Waals surface area (Å²) in [7, 11) is 0. The highest BCUT2D eigenvalue weighted by Gasteiger charge is 2.28. The minimum absolute atomic E-state index is 0.139. The Labute approximate surface area is 130 Å². The summed E-state index contributed by atoms with van der Waals surface area (Å²) in [5, 5.41) is -0.258. The van der Waals surface area contributed by atoms with Crippen LogP contribution in [0.3, 0.4) is 0 Å². The maximum atomic E-state index is 12.1. The van der Waals surface area contributed by atoms with Gasteiger partial charge in [0.1, 0.15) is 10.9 Å². The highest BCUT2D eigenvalue weighted by Crippen LogP contribution is 2.26. The fraction of sp³-hybridized carbons (Fsp3) is 0.933. The van der Waals surface area contributed by atoms with E-state index >= 15 is 0 Å². The first-order valence-electron chi connectivity index (χ1n) is 7.33. The first-order chi connectivity index (χ1) is 9.42. The van der Waals surface area contributed by atoms with Gasteiger partial charge in [-0.3, -0.25) is 4.79 Å². The number of carbonyl (C=O) groups is 1. The van der Waals surface area contributed by atoms with Crippen LogP contribution in [0.1, 0.15) is 60.3 Å². The molecule has 0 amide bonds. The molecule has 0 heterocycles. The van der Waals surface area contributed by atoms with E-state index in [0.717, 1.165) is 0 Å². The molecule has 0 fully saturated rings. The SMILES string of the molecule is CC(C)C(SCCCCCC(F)(F)F)C(=O)OC(C)(C)C. The van der Waals surface area contributed by atoms with Gasteiger partial charge in [0, 0.05) is 6.42 Å². The summed E-state index contributed by atoms with van der Waals surface area (Å²) in [6, 6.07) is 0. The van der Waals surface area contributed by atoms with Gasteiger partial charge in [-0.1, -0.05) is 20.3 Å². The summed E-state index contributed by atoms with van der Waals surface area (Å²) < 4.78 is 41.4. The molecule has 0 aromatic rings. The number of rotatable bonds is 8. The smallest absolute Gasteiger partial charge is 0.389 e. The molecule has 21 heavy (non-hydrogen) atoms. The summed E-state index contributed by atoms with van der Waals surface area (Å²) in [5.74, 6) is 0.581. The van der Waals surface area contributed by atoms with Crippen molar-refractivity contribution in [2.75, 3.05) is 5.75 Å². The van der Waals surface area contributed by atoms with E-state index in [0.29, 0.717) is 18.6 Å². The van der Waals surface area contributed by atoms with Crippen LogP contribution in [0, 0.1) is 5.92 Å². The molecule has 0 aromatic heterocycles. The van der Waals surface area contributed by atoms with E-state index in [9.17, 15) is 18.0 Å². The Morgan fingerprint density at radius 1 is 1.10 bits per heavy atom. The molecule has 0 saturated carbocycles. The van der Waals surface area contributed by atoms with E-state index in [1.165, 1.54) is 11.8 Å². The molecule has 126 valence electrons. The molecule has 0 aromatic carbocycles. The molecule has 1 unspecified atom stereocenters. The quantitative estimate of drug-likeness (QED) is 0.452. The summed E-state index contributed by atoms with van der Waals surface area (Å²) in [6.07, 6.45) is -3.41. The van der Waals surface area contributed by atoms with Gasteiger partial charge in [-0.2, -0.15) is 13.2 Å². The van der Waals surface area contributed by atoms with Crippen LogP contribution in [-0.4, -0.2) is 28.7 Å². The molecule has 6 heteroatoms.